The van der Waals surface area contributed by atoms with Gasteiger partial charge in [-0.2, -0.15) is 0 Å². The summed E-state index contributed by atoms with van der Waals surface area (Å²) in [6.07, 6.45) is 0.997. The number of fused-ring (bicyclic) bond motifs is 1. The van der Waals surface area contributed by atoms with Crippen molar-refractivity contribution in [3.8, 4) is 23.0 Å². The Kier molecular flexibility index (Phi) is 5.34. The lowest BCUT2D eigenvalue weighted by Gasteiger charge is -2.29. The molecule has 0 saturated heterocycles. The van der Waals surface area contributed by atoms with Gasteiger partial charge in [0.25, 0.3) is 0 Å². The second-order valence-electron chi connectivity index (χ2n) is 6.16. The normalized spacial score (nSPS) is 13.9. The molecule has 0 radical (unpaired) electrons. The molecule has 0 amide bonds. The Morgan fingerprint density at radius 1 is 0.760 bits per heavy atom. The van der Waals surface area contributed by atoms with Crippen LogP contribution in [0, 0.1) is 0 Å². The highest BCUT2D eigenvalue weighted by Gasteiger charge is 2.20. The van der Waals surface area contributed by atoms with Crippen LogP contribution in [-0.2, 0) is 19.5 Å². The minimum absolute atomic E-state index is 0.783. The predicted octanol–water partition coefficient (Wildman–Crippen LogP) is 3.28. The van der Waals surface area contributed by atoms with Crippen LogP contribution >= 0.6 is 0 Å². The summed E-state index contributed by atoms with van der Waals surface area (Å²) >= 11 is 0. The van der Waals surface area contributed by atoms with Crippen molar-refractivity contribution in [2.24, 2.45) is 0 Å². The third-order valence-electron chi connectivity index (χ3n) is 4.61. The molecule has 0 aliphatic carbocycles. The van der Waals surface area contributed by atoms with Gasteiger partial charge in [0.2, 0.25) is 0 Å². The molecule has 0 unspecified atom stereocenters. The molecule has 5 heteroatoms. The average molecular weight is 343 g/mol. The smallest absolute Gasteiger partial charge is 0.161 e. The van der Waals surface area contributed by atoms with Crippen LogP contribution in [0.4, 0.5) is 0 Å². The fourth-order valence-corrected chi connectivity index (χ4v) is 3.29. The number of methoxy groups -OCH3 is 4. The first kappa shape index (κ1) is 17.4. The van der Waals surface area contributed by atoms with E-state index in [-0.39, 0.29) is 0 Å². The first-order chi connectivity index (χ1) is 12.2. The van der Waals surface area contributed by atoms with E-state index < -0.39 is 0 Å². The molecule has 3 rings (SSSR count). The van der Waals surface area contributed by atoms with Gasteiger partial charge in [0, 0.05) is 25.7 Å². The second kappa shape index (κ2) is 7.66. The first-order valence-corrected chi connectivity index (χ1v) is 8.35. The van der Waals surface area contributed by atoms with E-state index in [1.165, 1.54) is 16.7 Å². The fourth-order valence-electron chi connectivity index (χ4n) is 3.29. The van der Waals surface area contributed by atoms with Gasteiger partial charge in [0.1, 0.15) is 11.5 Å². The van der Waals surface area contributed by atoms with E-state index in [2.05, 4.69) is 29.2 Å². The van der Waals surface area contributed by atoms with Gasteiger partial charge in [-0.15, -0.1) is 0 Å². The van der Waals surface area contributed by atoms with Crippen LogP contribution in [0.1, 0.15) is 16.7 Å². The van der Waals surface area contributed by atoms with E-state index in [0.717, 1.165) is 49.1 Å². The van der Waals surface area contributed by atoms with Crippen molar-refractivity contribution in [1.82, 2.24) is 4.90 Å². The van der Waals surface area contributed by atoms with Crippen LogP contribution in [0.3, 0.4) is 0 Å². The Hall–Kier alpha value is -2.40. The van der Waals surface area contributed by atoms with Gasteiger partial charge in [-0.05, 0) is 47.4 Å². The summed E-state index contributed by atoms with van der Waals surface area (Å²) in [6.45, 7) is 2.73. The van der Waals surface area contributed by atoms with Crippen LogP contribution in [0.2, 0.25) is 0 Å². The number of nitrogens with zero attached hydrogens (tertiary/aromatic N) is 1. The Bertz CT molecular complexity index is 722. The van der Waals surface area contributed by atoms with Crippen LogP contribution in [-0.4, -0.2) is 39.9 Å². The van der Waals surface area contributed by atoms with Crippen molar-refractivity contribution in [2.45, 2.75) is 19.5 Å². The van der Waals surface area contributed by atoms with Crippen molar-refractivity contribution in [2.75, 3.05) is 35.0 Å². The van der Waals surface area contributed by atoms with Crippen molar-refractivity contribution in [3.63, 3.8) is 0 Å². The van der Waals surface area contributed by atoms with Crippen LogP contribution in [0.15, 0.2) is 30.3 Å². The maximum absolute atomic E-state index is 5.44. The topological polar surface area (TPSA) is 40.2 Å². The van der Waals surface area contributed by atoms with Crippen molar-refractivity contribution >= 4 is 0 Å². The second-order valence-corrected chi connectivity index (χ2v) is 6.16. The van der Waals surface area contributed by atoms with E-state index in [0.29, 0.717) is 0 Å². The quantitative estimate of drug-likeness (QED) is 0.805. The molecule has 25 heavy (non-hydrogen) atoms. The van der Waals surface area contributed by atoms with Gasteiger partial charge in [0.15, 0.2) is 11.5 Å². The molecule has 0 atom stereocenters. The maximum Gasteiger partial charge on any atom is 0.161 e. The number of rotatable bonds is 6. The summed E-state index contributed by atoms with van der Waals surface area (Å²) in [5.41, 5.74) is 3.80. The van der Waals surface area contributed by atoms with Gasteiger partial charge >= 0.3 is 0 Å². The molecule has 1 aliphatic rings. The molecule has 0 spiro atoms. The van der Waals surface area contributed by atoms with Crippen molar-refractivity contribution in [3.05, 3.63) is 47.0 Å². The van der Waals surface area contributed by atoms with Crippen LogP contribution in [0.25, 0.3) is 0 Å². The lowest BCUT2D eigenvalue weighted by atomic mass is 9.98. The molecule has 0 saturated carbocycles. The minimum atomic E-state index is 0.783. The summed E-state index contributed by atoms with van der Waals surface area (Å²) in [4.78, 5) is 2.42. The van der Waals surface area contributed by atoms with Gasteiger partial charge in [-0.1, -0.05) is 0 Å². The summed E-state index contributed by atoms with van der Waals surface area (Å²) < 4.78 is 21.6. The van der Waals surface area contributed by atoms with Crippen molar-refractivity contribution < 1.29 is 18.9 Å². The van der Waals surface area contributed by atoms with Gasteiger partial charge in [-0.3, -0.25) is 4.90 Å². The molecule has 1 aliphatic heterocycles. The third-order valence-corrected chi connectivity index (χ3v) is 4.61. The zero-order valence-corrected chi connectivity index (χ0v) is 15.3. The molecule has 2 aromatic carbocycles. The number of ether oxygens (including phenoxy) is 4. The SMILES string of the molecule is COc1cc(CN2CCc3cc(OC)c(OC)cc3C2)cc(OC)c1. The Morgan fingerprint density at radius 3 is 1.92 bits per heavy atom. The third kappa shape index (κ3) is 3.82. The fraction of sp³-hybridized carbons (Fsp3) is 0.400. The zero-order valence-electron chi connectivity index (χ0n) is 15.3. The average Bonchev–Trinajstić information content (AvgIpc) is 2.66. The van der Waals surface area contributed by atoms with Gasteiger partial charge in [0.05, 0.1) is 28.4 Å². The first-order valence-electron chi connectivity index (χ1n) is 8.35. The standard InChI is InChI=1S/C20H25NO4/c1-22-17-7-14(8-18(11-17)23-2)12-21-6-5-15-9-19(24-3)20(25-4)10-16(15)13-21/h7-11H,5-6,12-13H2,1-4H3. The molecule has 0 fully saturated rings. The number of hydrogen-bond donors (Lipinski definition) is 0. The molecule has 5 nitrogen and oxygen atoms in total. The predicted molar refractivity (Wildman–Crippen MR) is 96.9 cm³/mol. The summed E-state index contributed by atoms with van der Waals surface area (Å²) in [6, 6.07) is 10.2. The van der Waals surface area contributed by atoms with E-state index in [1.54, 1.807) is 28.4 Å². The molecule has 1 heterocycles. The maximum atomic E-state index is 5.44. The highest BCUT2D eigenvalue weighted by Crippen LogP contribution is 2.34. The van der Waals surface area contributed by atoms with Crippen LogP contribution < -0.4 is 18.9 Å². The largest absolute Gasteiger partial charge is 0.497 e. The summed E-state index contributed by atoms with van der Waals surface area (Å²) in [7, 11) is 6.70. The lowest BCUT2D eigenvalue weighted by Crippen LogP contribution is -2.30. The molecule has 0 bridgehead atoms. The number of benzene rings is 2. The lowest BCUT2D eigenvalue weighted by molar-refractivity contribution is 0.243. The molecule has 0 aromatic heterocycles. The Labute approximate surface area is 149 Å². The highest BCUT2D eigenvalue weighted by atomic mass is 16.5. The molecular formula is C20H25NO4. The van der Waals surface area contributed by atoms with Crippen LogP contribution in [0.5, 0.6) is 23.0 Å². The zero-order chi connectivity index (χ0) is 17.8. The number of hydrogen-bond acceptors (Lipinski definition) is 5. The van der Waals surface area contributed by atoms with E-state index >= 15 is 0 Å². The molecular weight excluding hydrogens is 318 g/mol. The molecule has 2 aromatic rings. The molecule has 134 valence electrons. The molecule has 0 N–H and O–H groups in total. The van der Waals surface area contributed by atoms with Gasteiger partial charge < -0.3 is 18.9 Å². The van der Waals surface area contributed by atoms with E-state index in [9.17, 15) is 0 Å². The Balaban J connectivity index is 1.79. The van der Waals surface area contributed by atoms with Crippen molar-refractivity contribution in [1.29, 1.82) is 0 Å². The minimum Gasteiger partial charge on any atom is -0.497 e. The van der Waals surface area contributed by atoms with Gasteiger partial charge in [-0.25, -0.2) is 0 Å². The monoisotopic (exact) mass is 343 g/mol. The highest BCUT2D eigenvalue weighted by molar-refractivity contribution is 5.48. The summed E-state index contributed by atoms with van der Waals surface area (Å²) in [5, 5.41) is 0. The van der Waals surface area contributed by atoms with E-state index in [1.807, 2.05) is 6.07 Å². The summed E-state index contributed by atoms with van der Waals surface area (Å²) in [5.74, 6) is 3.22. The van der Waals surface area contributed by atoms with E-state index in [4.69, 9.17) is 18.9 Å². The Morgan fingerprint density at radius 2 is 1.36 bits per heavy atom.